The Bertz CT molecular complexity index is 1240. The molecule has 4 amide bonds. The van der Waals surface area contributed by atoms with Crippen LogP contribution in [0.25, 0.3) is 0 Å². The van der Waals surface area contributed by atoms with Crippen molar-refractivity contribution in [3.05, 3.63) is 59.2 Å². The van der Waals surface area contributed by atoms with Gasteiger partial charge in [-0.2, -0.15) is 0 Å². The van der Waals surface area contributed by atoms with E-state index in [-0.39, 0.29) is 23.6 Å². The van der Waals surface area contributed by atoms with E-state index < -0.39 is 6.04 Å². The van der Waals surface area contributed by atoms with Gasteiger partial charge in [0.15, 0.2) is 0 Å². The molecule has 0 spiro atoms. The Morgan fingerprint density at radius 1 is 0.976 bits per heavy atom. The number of carbonyl (C=O) groups is 4. The third kappa shape index (κ3) is 7.83. The summed E-state index contributed by atoms with van der Waals surface area (Å²) in [5.41, 5.74) is 3.86. The van der Waals surface area contributed by atoms with Gasteiger partial charge in [0, 0.05) is 56.0 Å². The van der Waals surface area contributed by atoms with Crippen LogP contribution in [0.3, 0.4) is 0 Å². The summed E-state index contributed by atoms with van der Waals surface area (Å²) in [5.74, 6) is -0.296. The molecule has 0 bridgehead atoms. The van der Waals surface area contributed by atoms with Crippen LogP contribution in [-0.2, 0) is 16.1 Å². The van der Waals surface area contributed by atoms with E-state index in [9.17, 15) is 19.2 Å². The molecule has 1 unspecified atom stereocenters. The second kappa shape index (κ2) is 14.1. The molecule has 2 heterocycles. The van der Waals surface area contributed by atoms with Crippen LogP contribution in [0, 0.1) is 0 Å². The number of anilines is 1. The predicted molar refractivity (Wildman–Crippen MR) is 153 cm³/mol. The zero-order chi connectivity index (χ0) is 29.4. The average Bonchev–Trinajstić information content (AvgIpc) is 3.32. The number of fused-ring (bicyclic) bond motifs is 1. The van der Waals surface area contributed by atoms with Gasteiger partial charge in [-0.15, -0.1) is 0 Å². The molecule has 0 aromatic heterocycles. The lowest BCUT2D eigenvalue weighted by Gasteiger charge is -2.35. The van der Waals surface area contributed by atoms with Crippen molar-refractivity contribution < 1.29 is 29.1 Å². The van der Waals surface area contributed by atoms with E-state index in [1.54, 1.807) is 59.8 Å². The summed E-state index contributed by atoms with van der Waals surface area (Å²) in [6, 6.07) is 11.6. The van der Waals surface area contributed by atoms with E-state index in [1.807, 2.05) is 11.9 Å². The van der Waals surface area contributed by atoms with Crippen LogP contribution < -0.4 is 15.5 Å². The quantitative estimate of drug-likeness (QED) is 0.205. The van der Waals surface area contributed by atoms with Gasteiger partial charge in [0.05, 0.1) is 6.61 Å². The van der Waals surface area contributed by atoms with Gasteiger partial charge in [0.2, 0.25) is 11.8 Å². The Morgan fingerprint density at radius 2 is 1.68 bits per heavy atom. The lowest BCUT2D eigenvalue weighted by atomic mass is 10.1. The third-order valence-electron chi connectivity index (χ3n) is 7.65. The maximum atomic E-state index is 13.2. The molecule has 1 fully saturated rings. The first-order valence-corrected chi connectivity index (χ1v) is 14.1. The van der Waals surface area contributed by atoms with Crippen LogP contribution in [-0.4, -0.2) is 89.4 Å². The first kappa shape index (κ1) is 30.0. The van der Waals surface area contributed by atoms with Crippen molar-refractivity contribution in [1.82, 2.24) is 20.2 Å². The first-order chi connectivity index (χ1) is 19.8. The van der Waals surface area contributed by atoms with Gasteiger partial charge in [-0.25, -0.2) is 5.48 Å². The molecular weight excluding hydrogens is 526 g/mol. The van der Waals surface area contributed by atoms with Crippen LogP contribution in [0.2, 0.25) is 0 Å². The third-order valence-corrected chi connectivity index (χ3v) is 7.65. The summed E-state index contributed by atoms with van der Waals surface area (Å²) in [5, 5.41) is 11.3. The number of unbranched alkanes of at least 4 members (excludes halogenated alkanes) is 3. The number of hydrogen-bond donors (Lipinski definition) is 3. The molecular formula is C30H39N5O6. The van der Waals surface area contributed by atoms with Gasteiger partial charge in [0.25, 0.3) is 11.8 Å². The van der Waals surface area contributed by atoms with Gasteiger partial charge >= 0.3 is 0 Å². The van der Waals surface area contributed by atoms with Crippen molar-refractivity contribution in [1.29, 1.82) is 0 Å². The summed E-state index contributed by atoms with van der Waals surface area (Å²) < 4.78 is 5.75. The van der Waals surface area contributed by atoms with Crippen molar-refractivity contribution in [2.75, 3.05) is 45.2 Å². The van der Waals surface area contributed by atoms with Crippen LogP contribution >= 0.6 is 0 Å². The topological polar surface area (TPSA) is 132 Å². The SMILES string of the molecule is CC(C(=O)N1CCN(C)CC1)N1Cc2ccc(C(=O)Nc3ccc(OCCCCCCC(=O)NO)cc3)cc2C1=O. The van der Waals surface area contributed by atoms with Gasteiger partial charge in [-0.1, -0.05) is 18.9 Å². The molecule has 11 heteroatoms. The minimum atomic E-state index is -0.573. The number of benzene rings is 2. The molecule has 11 nitrogen and oxygen atoms in total. The molecule has 0 radical (unpaired) electrons. The maximum Gasteiger partial charge on any atom is 0.255 e. The highest BCUT2D eigenvalue weighted by Gasteiger charge is 2.36. The second-order valence-corrected chi connectivity index (χ2v) is 10.6. The monoisotopic (exact) mass is 565 g/mol. The van der Waals surface area contributed by atoms with E-state index in [1.165, 1.54) is 0 Å². The van der Waals surface area contributed by atoms with Crippen molar-refractivity contribution in [3.8, 4) is 5.75 Å². The Kier molecular flexibility index (Phi) is 10.3. The molecule has 3 N–H and O–H groups in total. The number of piperazine rings is 1. The van der Waals surface area contributed by atoms with Crippen LogP contribution in [0.5, 0.6) is 5.75 Å². The largest absolute Gasteiger partial charge is 0.494 e. The number of hydroxylamine groups is 1. The summed E-state index contributed by atoms with van der Waals surface area (Å²) in [6.45, 7) is 5.60. The van der Waals surface area contributed by atoms with E-state index >= 15 is 0 Å². The number of nitrogens with one attached hydrogen (secondary N) is 2. The Morgan fingerprint density at radius 3 is 2.39 bits per heavy atom. The van der Waals surface area contributed by atoms with Crippen LogP contribution in [0.4, 0.5) is 5.69 Å². The van der Waals surface area contributed by atoms with E-state index in [4.69, 9.17) is 9.94 Å². The highest BCUT2D eigenvalue weighted by Crippen LogP contribution is 2.27. The molecule has 2 aliphatic heterocycles. The lowest BCUT2D eigenvalue weighted by Crippen LogP contribution is -2.53. The second-order valence-electron chi connectivity index (χ2n) is 10.6. The van der Waals surface area contributed by atoms with E-state index in [0.717, 1.165) is 37.9 Å². The van der Waals surface area contributed by atoms with Crippen molar-refractivity contribution in [2.24, 2.45) is 0 Å². The number of likely N-dealkylation sites (N-methyl/N-ethyl adjacent to an activating group) is 1. The van der Waals surface area contributed by atoms with Crippen LogP contribution in [0.1, 0.15) is 65.3 Å². The number of ether oxygens (including phenoxy) is 1. The zero-order valence-corrected chi connectivity index (χ0v) is 23.7. The predicted octanol–water partition coefficient (Wildman–Crippen LogP) is 2.89. The minimum Gasteiger partial charge on any atom is -0.494 e. The number of nitrogens with zero attached hydrogens (tertiary/aromatic N) is 3. The summed E-state index contributed by atoms with van der Waals surface area (Å²) in [4.78, 5) is 55.8. The van der Waals surface area contributed by atoms with Crippen molar-refractivity contribution >= 4 is 29.3 Å². The average molecular weight is 566 g/mol. The molecule has 0 saturated carbocycles. The van der Waals surface area contributed by atoms with Crippen LogP contribution in [0.15, 0.2) is 42.5 Å². The fourth-order valence-corrected chi connectivity index (χ4v) is 5.03. The van der Waals surface area contributed by atoms with Gasteiger partial charge in [0.1, 0.15) is 11.8 Å². The fourth-order valence-electron chi connectivity index (χ4n) is 5.03. The standard InChI is InChI=1S/C30H39N5O6/c1-21(29(38)34-16-14-33(2)15-17-34)35-20-23-9-8-22(19-26(23)30(35)39)28(37)31-24-10-12-25(13-11-24)41-18-6-4-3-5-7-27(36)32-40/h8-13,19,21,40H,3-7,14-18,20H2,1-2H3,(H,31,37)(H,32,36). The molecule has 2 aliphatic rings. The van der Waals surface area contributed by atoms with E-state index in [0.29, 0.717) is 61.6 Å². The molecule has 220 valence electrons. The number of rotatable bonds is 12. The molecule has 1 saturated heterocycles. The summed E-state index contributed by atoms with van der Waals surface area (Å²) in [7, 11) is 2.03. The van der Waals surface area contributed by atoms with Gasteiger partial charge in [-0.05, 0) is 68.8 Å². The molecule has 2 aromatic carbocycles. The molecule has 41 heavy (non-hydrogen) atoms. The maximum absolute atomic E-state index is 13.2. The minimum absolute atomic E-state index is 0.0469. The molecule has 2 aromatic rings. The van der Waals surface area contributed by atoms with Gasteiger partial charge < -0.3 is 24.8 Å². The Labute approximate surface area is 240 Å². The molecule has 4 rings (SSSR count). The van der Waals surface area contributed by atoms with E-state index in [2.05, 4.69) is 10.2 Å². The molecule has 1 atom stereocenters. The number of hydrogen-bond acceptors (Lipinski definition) is 7. The van der Waals surface area contributed by atoms with Gasteiger partial charge in [-0.3, -0.25) is 24.4 Å². The summed E-state index contributed by atoms with van der Waals surface area (Å²) in [6.07, 6.45) is 3.66. The fraction of sp³-hybridized carbons (Fsp3) is 0.467. The van der Waals surface area contributed by atoms with Crippen molar-refractivity contribution in [3.63, 3.8) is 0 Å². The molecule has 0 aliphatic carbocycles. The lowest BCUT2D eigenvalue weighted by molar-refractivity contribution is -0.137. The Hall–Kier alpha value is -3.96. The smallest absolute Gasteiger partial charge is 0.255 e. The highest BCUT2D eigenvalue weighted by atomic mass is 16.5. The number of amides is 4. The van der Waals surface area contributed by atoms with Crippen molar-refractivity contribution in [2.45, 2.75) is 51.6 Å². The first-order valence-electron chi connectivity index (χ1n) is 14.1. The number of carbonyl (C=O) groups excluding carboxylic acids is 4. The Balaban J connectivity index is 1.25. The summed E-state index contributed by atoms with van der Waals surface area (Å²) >= 11 is 0. The normalized spacial score (nSPS) is 15.8. The highest BCUT2D eigenvalue weighted by molar-refractivity contribution is 6.07. The zero-order valence-electron chi connectivity index (χ0n) is 23.7.